The topological polar surface area (TPSA) is 221 Å². The van der Waals surface area contributed by atoms with E-state index in [1.807, 2.05) is 24.3 Å². The molecule has 1 aromatic carbocycles. The van der Waals surface area contributed by atoms with E-state index in [4.69, 9.17) is 11.5 Å². The van der Waals surface area contributed by atoms with Crippen molar-refractivity contribution in [3.8, 4) is 0 Å². The van der Waals surface area contributed by atoms with Gasteiger partial charge in [-0.3, -0.25) is 19.2 Å². The average molecular weight is 517 g/mol. The van der Waals surface area contributed by atoms with E-state index >= 15 is 0 Å². The van der Waals surface area contributed by atoms with Gasteiger partial charge < -0.3 is 42.2 Å². The van der Waals surface area contributed by atoms with Crippen molar-refractivity contribution in [1.82, 2.24) is 20.5 Å². The summed E-state index contributed by atoms with van der Waals surface area (Å²) in [6.07, 6.45) is 2.11. The lowest BCUT2D eigenvalue weighted by atomic mass is 10.0. The Balaban J connectivity index is 1.85. The predicted molar refractivity (Wildman–Crippen MR) is 132 cm³/mol. The molecule has 1 aromatic heterocycles. The number of aliphatic hydroxyl groups is 1. The lowest BCUT2D eigenvalue weighted by Gasteiger charge is -2.29. The van der Waals surface area contributed by atoms with Crippen molar-refractivity contribution in [2.45, 2.75) is 56.3 Å². The SMILES string of the molecule is NC(=O)CCC(NC(=O)C(Cc1c[nH]c2ccccc12)NC(=O)C(N)CO)C(=O)N1CCCC1C(=O)O. The number of nitrogens with two attached hydrogens (primary N) is 2. The summed E-state index contributed by atoms with van der Waals surface area (Å²) in [5.41, 5.74) is 12.4. The van der Waals surface area contributed by atoms with Gasteiger partial charge in [-0.15, -0.1) is 0 Å². The molecule has 1 aliphatic rings. The Morgan fingerprint density at radius 1 is 1.11 bits per heavy atom. The van der Waals surface area contributed by atoms with Crippen LogP contribution in [0.3, 0.4) is 0 Å². The van der Waals surface area contributed by atoms with E-state index in [1.165, 1.54) is 4.90 Å². The lowest BCUT2D eigenvalue weighted by Crippen LogP contribution is -2.58. The molecule has 9 N–H and O–H groups in total. The van der Waals surface area contributed by atoms with Crippen molar-refractivity contribution in [2.24, 2.45) is 11.5 Å². The quantitative estimate of drug-likeness (QED) is 0.173. The molecule has 3 rings (SSSR count). The number of carbonyl (C=O) groups is 5. The first-order valence-electron chi connectivity index (χ1n) is 12.0. The normalized spacial score (nSPS) is 17.7. The number of carboxylic acids is 1. The second kappa shape index (κ2) is 12.3. The van der Waals surface area contributed by atoms with E-state index in [9.17, 15) is 34.2 Å². The van der Waals surface area contributed by atoms with Crippen LogP contribution in [0.1, 0.15) is 31.2 Å². The molecule has 4 unspecified atom stereocenters. The van der Waals surface area contributed by atoms with Crippen LogP contribution in [0.15, 0.2) is 30.5 Å². The molecule has 0 spiro atoms. The largest absolute Gasteiger partial charge is 0.480 e. The van der Waals surface area contributed by atoms with Gasteiger partial charge in [-0.05, 0) is 30.9 Å². The number of benzene rings is 1. The molecule has 2 aromatic rings. The molecule has 0 bridgehead atoms. The fraction of sp³-hybridized carbons (Fsp3) is 0.458. The number of carbonyl (C=O) groups excluding carboxylic acids is 4. The van der Waals surface area contributed by atoms with Crippen LogP contribution in [-0.4, -0.2) is 87.0 Å². The van der Waals surface area contributed by atoms with Crippen LogP contribution in [0.25, 0.3) is 10.9 Å². The molecule has 4 atom stereocenters. The zero-order chi connectivity index (χ0) is 27.1. The highest BCUT2D eigenvalue weighted by molar-refractivity contribution is 5.95. The molecule has 200 valence electrons. The van der Waals surface area contributed by atoms with E-state index in [1.54, 1.807) is 6.20 Å². The van der Waals surface area contributed by atoms with Crippen LogP contribution in [0, 0.1) is 0 Å². The fourth-order valence-electron chi connectivity index (χ4n) is 4.40. The standard InChI is InChI=1S/C24H32N6O7/c25-15(12-31)21(33)29-18(10-13-11-27-16-5-2-1-4-14(13)16)22(34)28-17(7-8-20(26)32)23(35)30-9-3-6-19(30)24(36)37/h1-2,4-5,11,15,17-19,27,31H,3,6-10,12,25H2,(H2,26,32)(H,28,34)(H,29,33)(H,36,37). The van der Waals surface area contributed by atoms with Crippen LogP contribution >= 0.6 is 0 Å². The number of hydrogen-bond acceptors (Lipinski definition) is 7. The summed E-state index contributed by atoms with van der Waals surface area (Å²) in [5.74, 6) is -4.01. The second-order valence-electron chi connectivity index (χ2n) is 9.01. The van der Waals surface area contributed by atoms with Crippen molar-refractivity contribution < 1.29 is 34.2 Å². The Morgan fingerprint density at radius 3 is 2.49 bits per heavy atom. The number of amides is 4. The predicted octanol–water partition coefficient (Wildman–Crippen LogP) is -1.66. The van der Waals surface area contributed by atoms with Crippen LogP contribution in [0.4, 0.5) is 0 Å². The van der Waals surface area contributed by atoms with Crippen LogP contribution in [-0.2, 0) is 30.4 Å². The first kappa shape index (κ1) is 27.6. The molecular formula is C24H32N6O7. The minimum Gasteiger partial charge on any atom is -0.480 e. The maximum atomic E-state index is 13.4. The molecule has 13 heteroatoms. The number of para-hydroxylation sites is 1. The molecule has 13 nitrogen and oxygen atoms in total. The Kier molecular flexibility index (Phi) is 9.20. The van der Waals surface area contributed by atoms with Gasteiger partial charge in [-0.25, -0.2) is 4.79 Å². The van der Waals surface area contributed by atoms with Crippen molar-refractivity contribution in [2.75, 3.05) is 13.2 Å². The number of nitrogens with zero attached hydrogens (tertiary/aromatic N) is 1. The van der Waals surface area contributed by atoms with Crippen molar-refractivity contribution in [1.29, 1.82) is 0 Å². The molecule has 2 heterocycles. The third kappa shape index (κ3) is 6.83. The first-order valence-corrected chi connectivity index (χ1v) is 12.0. The average Bonchev–Trinajstić information content (AvgIpc) is 3.52. The number of aromatic amines is 1. The number of rotatable bonds is 12. The first-order chi connectivity index (χ1) is 17.6. The molecular weight excluding hydrogens is 484 g/mol. The van der Waals surface area contributed by atoms with Gasteiger partial charge in [-0.2, -0.15) is 0 Å². The number of primary amides is 1. The summed E-state index contributed by atoms with van der Waals surface area (Å²) in [5, 5.41) is 24.6. The minimum atomic E-state index is -1.27. The van der Waals surface area contributed by atoms with Crippen LogP contribution < -0.4 is 22.1 Å². The summed E-state index contributed by atoms with van der Waals surface area (Å²) in [7, 11) is 0. The van der Waals surface area contributed by atoms with Gasteiger partial charge in [0.25, 0.3) is 0 Å². The highest BCUT2D eigenvalue weighted by Gasteiger charge is 2.38. The Hall–Kier alpha value is -3.97. The number of carboxylic acid groups (broad SMARTS) is 1. The Labute approximate surface area is 212 Å². The van der Waals surface area contributed by atoms with Gasteiger partial charge >= 0.3 is 5.97 Å². The van der Waals surface area contributed by atoms with E-state index in [2.05, 4.69) is 15.6 Å². The summed E-state index contributed by atoms with van der Waals surface area (Å²) in [4.78, 5) is 66.4. The molecule has 0 radical (unpaired) electrons. The van der Waals surface area contributed by atoms with Gasteiger partial charge in [0.1, 0.15) is 24.2 Å². The number of H-pyrrole nitrogens is 1. The number of nitrogens with one attached hydrogen (secondary N) is 3. The number of aliphatic hydroxyl groups excluding tert-OH is 1. The van der Waals surface area contributed by atoms with Gasteiger partial charge in [0.15, 0.2) is 0 Å². The van der Waals surface area contributed by atoms with E-state index in [-0.39, 0.29) is 32.2 Å². The van der Waals surface area contributed by atoms with Crippen molar-refractivity contribution in [3.63, 3.8) is 0 Å². The number of likely N-dealkylation sites (tertiary alicyclic amines) is 1. The van der Waals surface area contributed by atoms with E-state index in [0.717, 1.165) is 10.9 Å². The molecule has 1 aliphatic heterocycles. The van der Waals surface area contributed by atoms with Gasteiger partial charge in [-0.1, -0.05) is 18.2 Å². The molecule has 37 heavy (non-hydrogen) atoms. The maximum absolute atomic E-state index is 13.4. The van der Waals surface area contributed by atoms with Gasteiger partial charge in [0.05, 0.1) is 6.61 Å². The molecule has 0 aliphatic carbocycles. The number of fused-ring (bicyclic) bond motifs is 1. The molecule has 0 saturated carbocycles. The third-order valence-electron chi connectivity index (χ3n) is 6.38. The smallest absolute Gasteiger partial charge is 0.326 e. The summed E-state index contributed by atoms with van der Waals surface area (Å²) in [6.45, 7) is -0.446. The Morgan fingerprint density at radius 2 is 1.81 bits per heavy atom. The maximum Gasteiger partial charge on any atom is 0.326 e. The van der Waals surface area contributed by atoms with Crippen molar-refractivity contribution in [3.05, 3.63) is 36.0 Å². The van der Waals surface area contributed by atoms with E-state index < -0.39 is 60.4 Å². The molecule has 1 fully saturated rings. The number of aliphatic carboxylic acids is 1. The van der Waals surface area contributed by atoms with Crippen molar-refractivity contribution >= 4 is 40.5 Å². The van der Waals surface area contributed by atoms with Crippen LogP contribution in [0.2, 0.25) is 0 Å². The Bertz CT molecular complexity index is 1170. The zero-order valence-electron chi connectivity index (χ0n) is 20.2. The highest BCUT2D eigenvalue weighted by atomic mass is 16.4. The number of aromatic nitrogens is 1. The summed E-state index contributed by atoms with van der Waals surface area (Å²) in [6, 6.07) is 2.61. The lowest BCUT2D eigenvalue weighted by molar-refractivity contribution is -0.149. The zero-order valence-corrected chi connectivity index (χ0v) is 20.2. The molecule has 1 saturated heterocycles. The summed E-state index contributed by atoms with van der Waals surface area (Å²) >= 11 is 0. The second-order valence-corrected chi connectivity index (χ2v) is 9.01. The monoisotopic (exact) mass is 516 g/mol. The summed E-state index contributed by atoms with van der Waals surface area (Å²) < 4.78 is 0. The fourth-order valence-corrected chi connectivity index (χ4v) is 4.40. The van der Waals surface area contributed by atoms with Gasteiger partial charge in [0, 0.05) is 36.5 Å². The van der Waals surface area contributed by atoms with Gasteiger partial charge in [0.2, 0.25) is 23.6 Å². The highest BCUT2D eigenvalue weighted by Crippen LogP contribution is 2.21. The minimum absolute atomic E-state index is 0.0257. The molecule has 4 amide bonds. The van der Waals surface area contributed by atoms with Crippen LogP contribution in [0.5, 0.6) is 0 Å². The number of hydrogen-bond donors (Lipinski definition) is 7. The van der Waals surface area contributed by atoms with E-state index in [0.29, 0.717) is 12.0 Å². The third-order valence-corrected chi connectivity index (χ3v) is 6.38.